The first-order chi connectivity index (χ1) is 9.86. The Morgan fingerprint density at radius 3 is 1.50 bits per heavy atom. The maximum atomic E-state index is 14.2. The SMILES string of the molecule is Fc1ccccc1C(c1ccccc1)c1ccccc1. The molecule has 0 aliphatic carbocycles. The van der Waals surface area contributed by atoms with Crippen molar-refractivity contribution in [1.29, 1.82) is 0 Å². The van der Waals surface area contributed by atoms with Gasteiger partial charge >= 0.3 is 0 Å². The van der Waals surface area contributed by atoms with E-state index in [9.17, 15) is 4.39 Å². The molecule has 0 saturated carbocycles. The van der Waals surface area contributed by atoms with Gasteiger partial charge in [0.05, 0.1) is 0 Å². The fourth-order valence-corrected chi connectivity index (χ4v) is 2.55. The van der Waals surface area contributed by atoms with Gasteiger partial charge in [-0.05, 0) is 22.8 Å². The molecule has 0 fully saturated rings. The Kier molecular flexibility index (Phi) is 3.60. The maximum Gasteiger partial charge on any atom is 0.127 e. The summed E-state index contributed by atoms with van der Waals surface area (Å²) in [6.07, 6.45) is 0. The van der Waals surface area contributed by atoms with Crippen LogP contribution in [0, 0.1) is 5.82 Å². The molecule has 0 aliphatic heterocycles. The molecular weight excluding hydrogens is 247 g/mol. The smallest absolute Gasteiger partial charge is 0.127 e. The van der Waals surface area contributed by atoms with E-state index in [1.54, 1.807) is 6.07 Å². The maximum absolute atomic E-state index is 14.2. The van der Waals surface area contributed by atoms with Crippen LogP contribution in [0.15, 0.2) is 84.9 Å². The second kappa shape index (κ2) is 5.70. The molecule has 3 aromatic carbocycles. The predicted octanol–water partition coefficient (Wildman–Crippen LogP) is 5.01. The summed E-state index contributed by atoms with van der Waals surface area (Å²) in [6.45, 7) is 0. The zero-order valence-corrected chi connectivity index (χ0v) is 11.0. The average Bonchev–Trinajstić information content (AvgIpc) is 2.52. The molecule has 0 amide bonds. The first kappa shape index (κ1) is 12.6. The van der Waals surface area contributed by atoms with Gasteiger partial charge in [0.15, 0.2) is 0 Å². The Morgan fingerprint density at radius 2 is 1.00 bits per heavy atom. The Labute approximate surface area is 118 Å². The van der Waals surface area contributed by atoms with Gasteiger partial charge in [0.25, 0.3) is 0 Å². The van der Waals surface area contributed by atoms with Crippen molar-refractivity contribution in [1.82, 2.24) is 0 Å². The highest BCUT2D eigenvalue weighted by Crippen LogP contribution is 2.32. The van der Waals surface area contributed by atoms with Crippen LogP contribution in [-0.2, 0) is 0 Å². The van der Waals surface area contributed by atoms with E-state index in [-0.39, 0.29) is 11.7 Å². The van der Waals surface area contributed by atoms with Gasteiger partial charge in [-0.1, -0.05) is 78.9 Å². The third kappa shape index (κ3) is 2.48. The first-order valence-electron chi connectivity index (χ1n) is 6.70. The molecule has 0 N–H and O–H groups in total. The number of halogens is 1. The molecular formula is C19H15F. The van der Waals surface area contributed by atoms with Crippen LogP contribution in [0.1, 0.15) is 22.6 Å². The van der Waals surface area contributed by atoms with E-state index in [1.165, 1.54) is 6.07 Å². The van der Waals surface area contributed by atoms with Crippen molar-refractivity contribution in [3.05, 3.63) is 107 Å². The third-order valence-corrected chi connectivity index (χ3v) is 3.48. The van der Waals surface area contributed by atoms with Gasteiger partial charge in [0.1, 0.15) is 5.82 Å². The highest BCUT2D eigenvalue weighted by atomic mass is 19.1. The van der Waals surface area contributed by atoms with Gasteiger partial charge in [-0.2, -0.15) is 0 Å². The number of benzene rings is 3. The summed E-state index contributed by atoms with van der Waals surface area (Å²) < 4.78 is 14.2. The topological polar surface area (TPSA) is 0 Å². The van der Waals surface area contributed by atoms with Crippen molar-refractivity contribution in [2.75, 3.05) is 0 Å². The normalized spacial score (nSPS) is 10.7. The van der Waals surface area contributed by atoms with Crippen LogP contribution in [0.3, 0.4) is 0 Å². The summed E-state index contributed by atoms with van der Waals surface area (Å²) in [7, 11) is 0. The summed E-state index contributed by atoms with van der Waals surface area (Å²) in [5.41, 5.74) is 2.91. The molecule has 0 aromatic heterocycles. The van der Waals surface area contributed by atoms with Crippen LogP contribution in [-0.4, -0.2) is 0 Å². The van der Waals surface area contributed by atoms with Gasteiger partial charge in [0.2, 0.25) is 0 Å². The molecule has 3 aromatic rings. The molecule has 0 saturated heterocycles. The molecule has 0 heterocycles. The Bertz CT molecular complexity index is 635. The van der Waals surface area contributed by atoms with Crippen LogP contribution < -0.4 is 0 Å². The second-order valence-electron chi connectivity index (χ2n) is 4.78. The lowest BCUT2D eigenvalue weighted by atomic mass is 9.85. The van der Waals surface area contributed by atoms with Crippen LogP contribution in [0.2, 0.25) is 0 Å². The molecule has 0 radical (unpaired) electrons. The fourth-order valence-electron chi connectivity index (χ4n) is 2.55. The minimum absolute atomic E-state index is 0.0707. The minimum Gasteiger partial charge on any atom is -0.207 e. The van der Waals surface area contributed by atoms with E-state index in [2.05, 4.69) is 0 Å². The van der Waals surface area contributed by atoms with E-state index in [0.29, 0.717) is 5.56 Å². The van der Waals surface area contributed by atoms with Crippen molar-refractivity contribution in [2.45, 2.75) is 5.92 Å². The number of hydrogen-bond acceptors (Lipinski definition) is 0. The van der Waals surface area contributed by atoms with Crippen molar-refractivity contribution in [2.24, 2.45) is 0 Å². The first-order valence-corrected chi connectivity index (χ1v) is 6.70. The Morgan fingerprint density at radius 1 is 0.550 bits per heavy atom. The average molecular weight is 262 g/mol. The molecule has 0 atom stereocenters. The quantitative estimate of drug-likeness (QED) is 0.582. The largest absolute Gasteiger partial charge is 0.207 e. The number of hydrogen-bond donors (Lipinski definition) is 0. The van der Waals surface area contributed by atoms with Gasteiger partial charge < -0.3 is 0 Å². The van der Waals surface area contributed by atoms with E-state index < -0.39 is 0 Å². The lowest BCUT2D eigenvalue weighted by Gasteiger charge is -2.19. The molecule has 0 aliphatic rings. The molecule has 0 nitrogen and oxygen atoms in total. The van der Waals surface area contributed by atoms with Gasteiger partial charge in [0, 0.05) is 5.92 Å². The molecule has 98 valence electrons. The number of rotatable bonds is 3. The van der Waals surface area contributed by atoms with Gasteiger partial charge in [-0.3, -0.25) is 0 Å². The lowest BCUT2D eigenvalue weighted by Crippen LogP contribution is -2.05. The highest BCUT2D eigenvalue weighted by molar-refractivity contribution is 5.43. The summed E-state index contributed by atoms with van der Waals surface area (Å²) >= 11 is 0. The zero-order chi connectivity index (χ0) is 13.8. The van der Waals surface area contributed by atoms with E-state index >= 15 is 0 Å². The van der Waals surface area contributed by atoms with Crippen LogP contribution in [0.5, 0.6) is 0 Å². The van der Waals surface area contributed by atoms with Crippen LogP contribution in [0.25, 0.3) is 0 Å². The zero-order valence-electron chi connectivity index (χ0n) is 11.0. The van der Waals surface area contributed by atoms with Crippen LogP contribution >= 0.6 is 0 Å². The summed E-state index contributed by atoms with van der Waals surface area (Å²) in [6, 6.07) is 27.1. The van der Waals surface area contributed by atoms with E-state index in [0.717, 1.165) is 11.1 Å². The summed E-state index contributed by atoms with van der Waals surface area (Å²) in [4.78, 5) is 0. The van der Waals surface area contributed by atoms with Crippen LogP contribution in [0.4, 0.5) is 4.39 Å². The van der Waals surface area contributed by atoms with E-state index in [4.69, 9.17) is 0 Å². The molecule has 1 heteroatoms. The van der Waals surface area contributed by atoms with Crippen molar-refractivity contribution < 1.29 is 4.39 Å². The Hall–Kier alpha value is -2.41. The standard InChI is InChI=1S/C19H15F/c20-18-14-8-7-13-17(18)19(15-9-3-1-4-10-15)16-11-5-2-6-12-16/h1-14,19H. The van der Waals surface area contributed by atoms with E-state index in [1.807, 2.05) is 72.8 Å². The summed E-state index contributed by atoms with van der Waals surface area (Å²) in [5.74, 6) is -0.233. The predicted molar refractivity (Wildman–Crippen MR) is 80.2 cm³/mol. The van der Waals surface area contributed by atoms with Crippen molar-refractivity contribution >= 4 is 0 Å². The molecule has 0 bridgehead atoms. The van der Waals surface area contributed by atoms with Gasteiger partial charge in [-0.15, -0.1) is 0 Å². The molecule has 0 spiro atoms. The minimum atomic E-state index is -0.162. The lowest BCUT2D eigenvalue weighted by molar-refractivity contribution is 0.607. The summed E-state index contributed by atoms with van der Waals surface area (Å²) in [5, 5.41) is 0. The molecule has 3 rings (SSSR count). The second-order valence-corrected chi connectivity index (χ2v) is 4.78. The van der Waals surface area contributed by atoms with Gasteiger partial charge in [-0.25, -0.2) is 4.39 Å². The monoisotopic (exact) mass is 262 g/mol. The van der Waals surface area contributed by atoms with Crippen molar-refractivity contribution in [3.8, 4) is 0 Å². The van der Waals surface area contributed by atoms with Crippen molar-refractivity contribution in [3.63, 3.8) is 0 Å². The molecule has 0 unspecified atom stereocenters. The highest BCUT2D eigenvalue weighted by Gasteiger charge is 2.19. The Balaban J connectivity index is 2.17. The molecule has 20 heavy (non-hydrogen) atoms. The third-order valence-electron chi connectivity index (χ3n) is 3.48. The fraction of sp³-hybridized carbons (Fsp3) is 0.0526.